The molecule has 0 bridgehead atoms. The molecule has 118 valence electrons. The van der Waals surface area contributed by atoms with Crippen LogP contribution in [0, 0.1) is 11.8 Å². The van der Waals surface area contributed by atoms with Gasteiger partial charge in [0.05, 0.1) is 0 Å². The summed E-state index contributed by atoms with van der Waals surface area (Å²) >= 11 is 0. The van der Waals surface area contributed by atoms with E-state index in [1.54, 1.807) is 0 Å². The van der Waals surface area contributed by atoms with E-state index in [9.17, 15) is 0 Å². The summed E-state index contributed by atoms with van der Waals surface area (Å²) in [4.78, 5) is 2.79. The lowest BCUT2D eigenvalue weighted by molar-refractivity contribution is 0.189. The van der Waals surface area contributed by atoms with E-state index in [0.717, 1.165) is 17.9 Å². The van der Waals surface area contributed by atoms with Gasteiger partial charge < -0.3 is 5.32 Å². The van der Waals surface area contributed by atoms with Gasteiger partial charge in [-0.1, -0.05) is 26.7 Å². The van der Waals surface area contributed by atoms with Gasteiger partial charge in [-0.15, -0.1) is 0 Å². The highest BCUT2D eigenvalue weighted by atomic mass is 15.2. The molecule has 2 atom stereocenters. The fourth-order valence-electron chi connectivity index (χ4n) is 4.15. The van der Waals surface area contributed by atoms with E-state index in [2.05, 4.69) is 31.0 Å². The van der Waals surface area contributed by atoms with Gasteiger partial charge in [0.1, 0.15) is 0 Å². The Kier molecular flexibility index (Phi) is 6.83. The number of hydrogen-bond acceptors (Lipinski definition) is 2. The summed E-state index contributed by atoms with van der Waals surface area (Å²) in [6, 6.07) is 1.61. The van der Waals surface area contributed by atoms with Gasteiger partial charge in [0.15, 0.2) is 0 Å². The lowest BCUT2D eigenvalue weighted by atomic mass is 9.96. The van der Waals surface area contributed by atoms with Crippen LogP contribution in [0.25, 0.3) is 0 Å². The third-order valence-corrected chi connectivity index (χ3v) is 5.43. The summed E-state index contributed by atoms with van der Waals surface area (Å²) in [7, 11) is 0. The maximum Gasteiger partial charge on any atom is 0.0124 e. The molecule has 1 N–H and O–H groups in total. The second kappa shape index (κ2) is 8.38. The lowest BCUT2D eigenvalue weighted by Gasteiger charge is -2.30. The topological polar surface area (TPSA) is 15.3 Å². The van der Waals surface area contributed by atoms with Crippen molar-refractivity contribution in [2.45, 2.75) is 84.2 Å². The first-order valence-electron chi connectivity index (χ1n) is 9.14. The fourth-order valence-corrected chi connectivity index (χ4v) is 4.15. The smallest absolute Gasteiger partial charge is 0.0124 e. The molecule has 1 saturated carbocycles. The molecule has 1 heterocycles. The average molecular weight is 280 g/mol. The van der Waals surface area contributed by atoms with Crippen molar-refractivity contribution in [3.8, 4) is 0 Å². The van der Waals surface area contributed by atoms with Crippen molar-refractivity contribution in [3.63, 3.8) is 0 Å². The molecule has 0 aromatic heterocycles. The molecule has 2 nitrogen and oxygen atoms in total. The lowest BCUT2D eigenvalue weighted by Crippen LogP contribution is -2.40. The van der Waals surface area contributed by atoms with E-state index >= 15 is 0 Å². The average Bonchev–Trinajstić information content (AvgIpc) is 3.06. The van der Waals surface area contributed by atoms with Crippen LogP contribution in [0.3, 0.4) is 0 Å². The van der Waals surface area contributed by atoms with E-state index in [-0.39, 0.29) is 0 Å². The van der Waals surface area contributed by atoms with Crippen molar-refractivity contribution < 1.29 is 0 Å². The van der Waals surface area contributed by atoms with Crippen LogP contribution in [0.4, 0.5) is 0 Å². The minimum absolute atomic E-state index is 0.685. The highest BCUT2D eigenvalue weighted by molar-refractivity contribution is 4.87. The Morgan fingerprint density at radius 3 is 2.45 bits per heavy atom. The zero-order valence-electron chi connectivity index (χ0n) is 14.0. The van der Waals surface area contributed by atoms with Crippen molar-refractivity contribution in [1.82, 2.24) is 10.2 Å². The molecule has 0 amide bonds. The van der Waals surface area contributed by atoms with Crippen molar-refractivity contribution >= 4 is 0 Å². The van der Waals surface area contributed by atoms with Crippen molar-refractivity contribution in [3.05, 3.63) is 0 Å². The highest BCUT2D eigenvalue weighted by Gasteiger charge is 2.32. The molecule has 1 aliphatic heterocycles. The van der Waals surface area contributed by atoms with Crippen molar-refractivity contribution in [2.24, 2.45) is 11.8 Å². The molecule has 0 radical (unpaired) electrons. The van der Waals surface area contributed by atoms with Gasteiger partial charge in [0.2, 0.25) is 0 Å². The van der Waals surface area contributed by atoms with E-state index in [1.165, 1.54) is 71.0 Å². The zero-order chi connectivity index (χ0) is 14.4. The molecular weight excluding hydrogens is 244 g/mol. The van der Waals surface area contributed by atoms with Gasteiger partial charge in [-0.05, 0) is 63.8 Å². The van der Waals surface area contributed by atoms with Crippen LogP contribution in [-0.4, -0.2) is 36.6 Å². The predicted molar refractivity (Wildman–Crippen MR) is 88.1 cm³/mol. The minimum atomic E-state index is 0.685. The highest BCUT2D eigenvalue weighted by Crippen LogP contribution is 2.35. The van der Waals surface area contributed by atoms with E-state index < -0.39 is 0 Å². The summed E-state index contributed by atoms with van der Waals surface area (Å²) < 4.78 is 0. The van der Waals surface area contributed by atoms with Crippen LogP contribution in [0.1, 0.15) is 72.1 Å². The first-order valence-corrected chi connectivity index (χ1v) is 9.14. The fraction of sp³-hybridized carbons (Fsp3) is 1.00. The van der Waals surface area contributed by atoms with Crippen molar-refractivity contribution in [2.75, 3.05) is 19.6 Å². The molecule has 2 aliphatic rings. The molecule has 0 spiro atoms. The molecule has 2 unspecified atom stereocenters. The normalized spacial score (nSPS) is 26.7. The molecule has 2 rings (SSSR count). The first kappa shape index (κ1) is 16.3. The molecular formula is C18H36N2. The number of nitrogens with zero attached hydrogens (tertiary/aromatic N) is 1. The van der Waals surface area contributed by atoms with Gasteiger partial charge in [0.25, 0.3) is 0 Å². The van der Waals surface area contributed by atoms with Crippen LogP contribution in [-0.2, 0) is 0 Å². The minimum Gasteiger partial charge on any atom is -0.313 e. The van der Waals surface area contributed by atoms with Crippen LogP contribution in [0.2, 0.25) is 0 Å². The van der Waals surface area contributed by atoms with E-state index in [4.69, 9.17) is 0 Å². The zero-order valence-corrected chi connectivity index (χ0v) is 14.0. The van der Waals surface area contributed by atoms with Crippen LogP contribution >= 0.6 is 0 Å². The van der Waals surface area contributed by atoms with Gasteiger partial charge in [-0.2, -0.15) is 0 Å². The van der Waals surface area contributed by atoms with Crippen molar-refractivity contribution in [1.29, 1.82) is 0 Å². The molecule has 2 fully saturated rings. The molecule has 1 saturated heterocycles. The predicted octanol–water partition coefficient (Wildman–Crippen LogP) is 4.06. The van der Waals surface area contributed by atoms with E-state index in [1.807, 2.05) is 0 Å². The first-order chi connectivity index (χ1) is 9.66. The third-order valence-electron chi connectivity index (χ3n) is 5.43. The summed E-state index contributed by atoms with van der Waals surface area (Å²) in [6.07, 6.45) is 11.5. The molecule has 1 aliphatic carbocycles. The Labute approximate surface area is 126 Å². The van der Waals surface area contributed by atoms with Gasteiger partial charge in [-0.3, -0.25) is 4.90 Å². The summed E-state index contributed by atoms with van der Waals surface area (Å²) in [5, 5.41) is 3.73. The second-order valence-corrected chi connectivity index (χ2v) is 7.62. The summed E-state index contributed by atoms with van der Waals surface area (Å²) in [6.45, 7) is 10.8. The van der Waals surface area contributed by atoms with Gasteiger partial charge in [0, 0.05) is 25.2 Å². The largest absolute Gasteiger partial charge is 0.313 e. The molecule has 0 aromatic rings. The Hall–Kier alpha value is -0.0800. The number of nitrogens with one attached hydrogen (secondary N) is 1. The number of hydrogen-bond donors (Lipinski definition) is 1. The quantitative estimate of drug-likeness (QED) is 0.721. The Morgan fingerprint density at radius 2 is 1.75 bits per heavy atom. The monoisotopic (exact) mass is 280 g/mol. The summed E-state index contributed by atoms with van der Waals surface area (Å²) in [5.74, 6) is 1.86. The van der Waals surface area contributed by atoms with Crippen LogP contribution in [0.15, 0.2) is 0 Å². The Morgan fingerprint density at radius 1 is 1.00 bits per heavy atom. The maximum atomic E-state index is 3.73. The van der Waals surface area contributed by atoms with Gasteiger partial charge >= 0.3 is 0 Å². The second-order valence-electron chi connectivity index (χ2n) is 7.62. The maximum absolute atomic E-state index is 3.73. The Balaban J connectivity index is 1.62. The number of likely N-dealkylation sites (tertiary alicyclic amines) is 1. The molecule has 2 heteroatoms. The third kappa shape index (κ3) is 5.04. The SMILES string of the molecule is CC(C)CCC(C)NCCN1CCCC1C1CCCC1. The number of rotatable bonds is 8. The van der Waals surface area contributed by atoms with Crippen LogP contribution < -0.4 is 5.32 Å². The van der Waals surface area contributed by atoms with E-state index in [0.29, 0.717) is 6.04 Å². The molecule has 0 aromatic carbocycles. The molecule has 20 heavy (non-hydrogen) atoms. The van der Waals surface area contributed by atoms with Gasteiger partial charge in [-0.25, -0.2) is 0 Å². The van der Waals surface area contributed by atoms with Crippen LogP contribution in [0.5, 0.6) is 0 Å². The standard InChI is InChI=1S/C18H36N2/c1-15(2)10-11-16(3)19-12-14-20-13-6-9-18(20)17-7-4-5-8-17/h15-19H,4-14H2,1-3H3. The Bertz CT molecular complexity index is 258. The summed E-state index contributed by atoms with van der Waals surface area (Å²) in [5.41, 5.74) is 0.